The molecule has 0 saturated heterocycles. The van der Waals surface area contributed by atoms with Crippen molar-refractivity contribution in [1.29, 1.82) is 0 Å². The van der Waals surface area contributed by atoms with Crippen LogP contribution in [0.1, 0.15) is 187 Å². The Bertz CT molecular complexity index is 3440. The Hall–Kier alpha value is -5.94. The highest BCUT2D eigenvalue weighted by Crippen LogP contribution is 2.59. The van der Waals surface area contributed by atoms with E-state index >= 15 is 0 Å². The highest BCUT2D eigenvalue weighted by atomic mass is 16.3. The lowest BCUT2D eigenvalue weighted by molar-refractivity contribution is 0.282. The molecular weight excluding hydrogens is 886 g/mol. The van der Waals surface area contributed by atoms with Gasteiger partial charge in [0.15, 0.2) is 0 Å². The standard InChI is InChI=1S/C68H78BN3O/c1-41-21-20-23-49-58(41)72(52-24-19-18-22-48(52)68(49,16)17)46-39-54-57-55(40-46)71(45-30-31-47-50(38-45)65(10,11)34-33-64(47,8)9)59-56-60(67(14,15)36-35-66(56,12)13)73-61(59)69(57)51-37-43(63(5,6)7)27-32-53(51)70(54)44-28-25-42(26-29-44)62(2,3)4/h18-32,37-40H,33-36H2,1-17H3. The van der Waals surface area contributed by atoms with Gasteiger partial charge in [-0.2, -0.15) is 0 Å². The summed E-state index contributed by atoms with van der Waals surface area (Å²) in [6.07, 6.45) is 4.48. The van der Waals surface area contributed by atoms with Crippen molar-refractivity contribution in [1.82, 2.24) is 0 Å². The van der Waals surface area contributed by atoms with E-state index in [0.717, 1.165) is 42.1 Å². The molecule has 7 aromatic rings. The predicted molar refractivity (Wildman–Crippen MR) is 312 cm³/mol. The van der Waals surface area contributed by atoms with Crippen LogP contribution in [0.5, 0.6) is 0 Å². The maximum atomic E-state index is 7.85. The van der Waals surface area contributed by atoms with Crippen LogP contribution in [0.25, 0.3) is 0 Å². The maximum absolute atomic E-state index is 7.85. The first-order valence-corrected chi connectivity index (χ1v) is 27.5. The molecule has 0 N–H and O–H groups in total. The third-order valence-electron chi connectivity index (χ3n) is 18.7. The molecule has 0 unspecified atom stereocenters. The van der Waals surface area contributed by atoms with Crippen molar-refractivity contribution in [2.75, 3.05) is 14.7 Å². The first-order valence-electron chi connectivity index (χ1n) is 27.5. The fraction of sp³-hybridized carbons (Fsp3) is 0.412. The number of hydrogen-bond donors (Lipinski definition) is 0. The highest BCUT2D eigenvalue weighted by molar-refractivity contribution is 6.99. The van der Waals surface area contributed by atoms with Crippen molar-refractivity contribution in [3.8, 4) is 0 Å². The summed E-state index contributed by atoms with van der Waals surface area (Å²) in [7, 11) is 0. The van der Waals surface area contributed by atoms with Gasteiger partial charge in [0.2, 0.25) is 0 Å². The summed E-state index contributed by atoms with van der Waals surface area (Å²) in [5.41, 5.74) is 25.0. The molecule has 0 fully saturated rings. The van der Waals surface area contributed by atoms with E-state index in [-0.39, 0.29) is 44.6 Å². The highest BCUT2D eigenvalue weighted by Gasteiger charge is 2.53. The number of fused-ring (bicyclic) bond motifs is 9. The molecule has 12 rings (SSSR count). The topological polar surface area (TPSA) is 22.9 Å². The van der Waals surface area contributed by atoms with Crippen LogP contribution in [0, 0.1) is 6.92 Å². The quantitative estimate of drug-likeness (QED) is 0.165. The molecule has 0 bridgehead atoms. The van der Waals surface area contributed by atoms with Crippen molar-refractivity contribution in [2.45, 2.75) is 181 Å². The molecule has 1 aromatic heterocycles. The summed E-state index contributed by atoms with van der Waals surface area (Å²) in [6.45, 7) is 40.6. The van der Waals surface area contributed by atoms with Crippen molar-refractivity contribution in [2.24, 2.45) is 0 Å². The summed E-state index contributed by atoms with van der Waals surface area (Å²) in [5.74, 6) is 1.15. The van der Waals surface area contributed by atoms with Crippen LogP contribution in [0.4, 0.5) is 51.2 Å². The van der Waals surface area contributed by atoms with Crippen LogP contribution in [-0.4, -0.2) is 6.71 Å². The molecule has 0 saturated carbocycles. The second kappa shape index (κ2) is 15.3. The van der Waals surface area contributed by atoms with E-state index in [1.165, 1.54) is 102 Å². The first kappa shape index (κ1) is 48.0. The molecular formula is C68H78BN3O. The molecule has 0 radical (unpaired) electrons. The molecule has 4 nitrogen and oxygen atoms in total. The van der Waals surface area contributed by atoms with Gasteiger partial charge in [0.1, 0.15) is 5.76 Å². The minimum Gasteiger partial charge on any atom is -0.472 e. The zero-order chi connectivity index (χ0) is 51.9. The zero-order valence-corrected chi connectivity index (χ0v) is 47.1. The minimum atomic E-state index is -0.203. The van der Waals surface area contributed by atoms with Crippen molar-refractivity contribution in [3.05, 3.63) is 166 Å². The van der Waals surface area contributed by atoms with E-state index < -0.39 is 0 Å². The Kier molecular flexibility index (Phi) is 10.1. The molecule has 5 heteroatoms. The third kappa shape index (κ3) is 6.98. The van der Waals surface area contributed by atoms with Gasteiger partial charge in [-0.1, -0.05) is 178 Å². The van der Waals surface area contributed by atoms with Crippen molar-refractivity contribution in [3.63, 3.8) is 0 Å². The molecule has 5 aliphatic rings. The number of hydrogen-bond acceptors (Lipinski definition) is 4. The van der Waals surface area contributed by atoms with E-state index in [0.29, 0.717) is 0 Å². The summed E-state index contributed by atoms with van der Waals surface area (Å²) in [5, 5.41) is 0. The Labute approximate surface area is 438 Å². The number of anilines is 9. The largest absolute Gasteiger partial charge is 0.472 e. The van der Waals surface area contributed by atoms with E-state index in [2.05, 4.69) is 248 Å². The smallest absolute Gasteiger partial charge is 0.297 e. The van der Waals surface area contributed by atoms with Crippen molar-refractivity contribution < 1.29 is 4.42 Å². The predicted octanol–water partition coefficient (Wildman–Crippen LogP) is 17.1. The molecule has 0 atom stereocenters. The van der Waals surface area contributed by atoms with Crippen LogP contribution in [0.15, 0.2) is 120 Å². The lowest BCUT2D eigenvalue weighted by atomic mass is 9.35. The normalized spacial score (nSPS) is 19.2. The number of rotatable bonds is 3. The molecule has 4 heterocycles. The average Bonchev–Trinajstić information content (AvgIpc) is 3.75. The van der Waals surface area contributed by atoms with Crippen LogP contribution >= 0.6 is 0 Å². The zero-order valence-electron chi connectivity index (χ0n) is 47.1. The fourth-order valence-corrected chi connectivity index (χ4v) is 13.9. The summed E-state index contributed by atoms with van der Waals surface area (Å²) in [4.78, 5) is 7.92. The van der Waals surface area contributed by atoms with E-state index in [9.17, 15) is 0 Å². The first-order chi connectivity index (χ1) is 34.1. The lowest BCUT2D eigenvalue weighted by Crippen LogP contribution is -2.61. The van der Waals surface area contributed by atoms with Gasteiger partial charge in [-0.15, -0.1) is 0 Å². The Morgan fingerprint density at radius 2 is 1.03 bits per heavy atom. The minimum absolute atomic E-state index is 0.0142. The van der Waals surface area contributed by atoms with Gasteiger partial charge in [-0.3, -0.25) is 0 Å². The molecule has 2 aliphatic carbocycles. The SMILES string of the molecule is Cc1cccc2c1N(c1cc3c4c(c1)N(c1ccc5c(c1)C(C)(C)CCC5(C)C)c1c(oc5c1C(C)(C)CCC5(C)C)B4c1cc(C(C)(C)C)ccc1N3c1ccc(C(C)(C)C)cc1)c1ccccc1C2(C)C. The van der Waals surface area contributed by atoms with Gasteiger partial charge in [-0.05, 0) is 158 Å². The van der Waals surface area contributed by atoms with Crippen LogP contribution in [-0.2, 0) is 37.9 Å². The maximum Gasteiger partial charge on any atom is 0.297 e. The third-order valence-corrected chi connectivity index (χ3v) is 18.7. The monoisotopic (exact) mass is 964 g/mol. The van der Waals surface area contributed by atoms with E-state index in [1.807, 2.05) is 0 Å². The van der Waals surface area contributed by atoms with Crippen molar-refractivity contribution >= 4 is 74.5 Å². The molecule has 0 amide bonds. The molecule has 0 spiro atoms. The Balaban J connectivity index is 1.26. The van der Waals surface area contributed by atoms with Gasteiger partial charge >= 0.3 is 0 Å². The molecule has 6 aromatic carbocycles. The van der Waals surface area contributed by atoms with E-state index in [4.69, 9.17) is 4.42 Å². The number of nitrogens with zero attached hydrogens (tertiary/aromatic N) is 3. The average molecular weight is 964 g/mol. The van der Waals surface area contributed by atoms with E-state index in [1.54, 1.807) is 0 Å². The van der Waals surface area contributed by atoms with Gasteiger partial charge in [0.25, 0.3) is 6.71 Å². The lowest BCUT2D eigenvalue weighted by Gasteiger charge is -2.47. The van der Waals surface area contributed by atoms with Gasteiger partial charge < -0.3 is 19.1 Å². The fourth-order valence-electron chi connectivity index (χ4n) is 13.9. The van der Waals surface area contributed by atoms with Gasteiger partial charge in [0.05, 0.1) is 28.4 Å². The summed E-state index contributed by atoms with van der Waals surface area (Å²) < 4.78 is 7.85. The second-order valence-corrected chi connectivity index (χ2v) is 28.1. The molecule has 374 valence electrons. The second-order valence-electron chi connectivity index (χ2n) is 28.1. The Morgan fingerprint density at radius 3 is 1.71 bits per heavy atom. The number of furan rings is 1. The number of benzene rings is 6. The molecule has 3 aliphatic heterocycles. The van der Waals surface area contributed by atoms with Gasteiger partial charge in [0, 0.05) is 44.8 Å². The van der Waals surface area contributed by atoms with Crippen LogP contribution in [0.2, 0.25) is 0 Å². The Morgan fingerprint density at radius 1 is 0.452 bits per heavy atom. The summed E-state index contributed by atoms with van der Waals surface area (Å²) >= 11 is 0. The summed E-state index contributed by atoms with van der Waals surface area (Å²) in [6, 6.07) is 45.6. The van der Waals surface area contributed by atoms with Crippen LogP contribution < -0.4 is 31.3 Å². The molecule has 73 heavy (non-hydrogen) atoms. The van der Waals surface area contributed by atoms with Crippen LogP contribution in [0.3, 0.4) is 0 Å². The number of para-hydroxylation sites is 2. The van der Waals surface area contributed by atoms with Gasteiger partial charge in [-0.25, -0.2) is 0 Å². The number of aryl methyl sites for hydroxylation is 1.